The molecule has 0 spiro atoms. The van der Waals surface area contributed by atoms with Crippen LogP contribution in [0.1, 0.15) is 10.5 Å². The highest BCUT2D eigenvalue weighted by Crippen LogP contribution is 2.21. The number of imidazole rings is 1. The van der Waals surface area contributed by atoms with Gasteiger partial charge in [-0.15, -0.1) is 0 Å². The summed E-state index contributed by atoms with van der Waals surface area (Å²) in [6.45, 7) is 0. The lowest BCUT2D eigenvalue weighted by atomic mass is 10.3. The topological polar surface area (TPSA) is 97.1 Å². The first-order chi connectivity index (χ1) is 11.7. The van der Waals surface area contributed by atoms with Gasteiger partial charge >= 0.3 is 0 Å². The van der Waals surface area contributed by atoms with Crippen LogP contribution in [0.4, 0.5) is 10.2 Å². The van der Waals surface area contributed by atoms with E-state index in [2.05, 4.69) is 30.8 Å². The maximum Gasteiger partial charge on any atom is 0.289 e. The molecule has 0 unspecified atom stereocenters. The number of hydrogen-bond acceptors (Lipinski definition) is 6. The number of hydrazine groups is 1. The van der Waals surface area contributed by atoms with Gasteiger partial charge in [-0.3, -0.25) is 25.0 Å². The van der Waals surface area contributed by atoms with Gasteiger partial charge in [-0.25, -0.2) is 19.3 Å². The minimum atomic E-state index is -0.470. The Morgan fingerprint density at radius 1 is 1.12 bits per heavy atom. The van der Waals surface area contributed by atoms with Crippen LogP contribution >= 0.6 is 0 Å². The third-order valence-corrected chi connectivity index (χ3v) is 3.40. The molecule has 9 heteroatoms. The average molecular weight is 323 g/mol. The predicted octanol–water partition coefficient (Wildman–Crippen LogP) is 1.57. The number of amides is 1. The molecule has 0 atom stereocenters. The molecule has 8 nitrogen and oxygen atoms in total. The van der Waals surface area contributed by atoms with E-state index in [4.69, 9.17) is 0 Å². The molecule has 0 aliphatic carbocycles. The molecule has 0 aliphatic rings. The maximum absolute atomic E-state index is 13.5. The Kier molecular flexibility index (Phi) is 3.23. The summed E-state index contributed by atoms with van der Waals surface area (Å²) in [4.78, 5) is 28.2. The molecule has 3 heterocycles. The quantitative estimate of drug-likeness (QED) is 0.556. The zero-order valence-electron chi connectivity index (χ0n) is 12.1. The van der Waals surface area contributed by atoms with Gasteiger partial charge in [0, 0.05) is 18.5 Å². The molecule has 0 radical (unpaired) electrons. The molecular formula is C15H10FN7O. The van der Waals surface area contributed by atoms with Crippen LogP contribution < -0.4 is 10.9 Å². The number of anilines is 1. The van der Waals surface area contributed by atoms with Gasteiger partial charge in [-0.05, 0) is 12.1 Å². The number of benzene rings is 1. The van der Waals surface area contributed by atoms with E-state index in [0.717, 1.165) is 0 Å². The molecular weight excluding hydrogens is 313 g/mol. The zero-order valence-corrected chi connectivity index (χ0v) is 12.1. The molecule has 24 heavy (non-hydrogen) atoms. The second-order valence-corrected chi connectivity index (χ2v) is 4.91. The second kappa shape index (κ2) is 5.54. The number of nitrogens with zero attached hydrogens (tertiary/aromatic N) is 5. The van der Waals surface area contributed by atoms with Crippen LogP contribution in [0.15, 0.2) is 49.3 Å². The van der Waals surface area contributed by atoms with E-state index in [-0.39, 0.29) is 5.69 Å². The molecule has 2 N–H and O–H groups in total. The number of carbonyl (C=O) groups excluding carboxylic acids is 1. The van der Waals surface area contributed by atoms with E-state index in [1.54, 1.807) is 23.0 Å². The molecule has 1 amide bonds. The van der Waals surface area contributed by atoms with Crippen molar-refractivity contribution in [3.63, 3.8) is 0 Å². The lowest BCUT2D eigenvalue weighted by Crippen LogP contribution is -2.30. The van der Waals surface area contributed by atoms with E-state index in [1.807, 2.05) is 0 Å². The van der Waals surface area contributed by atoms with Crippen LogP contribution in [-0.2, 0) is 0 Å². The Labute approximate surface area is 134 Å². The molecule has 0 saturated carbocycles. The Balaban J connectivity index is 1.70. The van der Waals surface area contributed by atoms with E-state index in [1.165, 1.54) is 30.7 Å². The normalized spacial score (nSPS) is 10.9. The van der Waals surface area contributed by atoms with Gasteiger partial charge in [-0.2, -0.15) is 0 Å². The van der Waals surface area contributed by atoms with E-state index < -0.39 is 11.7 Å². The van der Waals surface area contributed by atoms with Gasteiger partial charge in [-0.1, -0.05) is 0 Å². The van der Waals surface area contributed by atoms with Crippen molar-refractivity contribution in [2.45, 2.75) is 0 Å². The van der Waals surface area contributed by atoms with Crippen molar-refractivity contribution < 1.29 is 9.18 Å². The van der Waals surface area contributed by atoms with Crippen LogP contribution in [-0.4, -0.2) is 30.2 Å². The van der Waals surface area contributed by atoms with Crippen LogP contribution in [0.3, 0.4) is 0 Å². The second-order valence-electron chi connectivity index (χ2n) is 4.91. The fourth-order valence-corrected chi connectivity index (χ4v) is 2.32. The van der Waals surface area contributed by atoms with Crippen molar-refractivity contribution in [3.8, 4) is 0 Å². The summed E-state index contributed by atoms with van der Waals surface area (Å²) in [5.41, 5.74) is 7.13. The summed E-state index contributed by atoms with van der Waals surface area (Å²) < 4.78 is 15.2. The number of hydrogen-bond donors (Lipinski definition) is 2. The smallest absolute Gasteiger partial charge is 0.289 e. The van der Waals surface area contributed by atoms with Crippen molar-refractivity contribution in [2.24, 2.45) is 0 Å². The zero-order chi connectivity index (χ0) is 16.5. The average Bonchev–Trinajstić information content (AvgIpc) is 3.10. The van der Waals surface area contributed by atoms with Crippen molar-refractivity contribution in [1.29, 1.82) is 0 Å². The predicted molar refractivity (Wildman–Crippen MR) is 83.6 cm³/mol. The molecule has 4 aromatic rings. The fraction of sp³-hybridized carbons (Fsp3) is 0. The summed E-state index contributed by atoms with van der Waals surface area (Å²) >= 11 is 0. The maximum atomic E-state index is 13.5. The minimum Gasteiger partial charge on any atom is -0.294 e. The van der Waals surface area contributed by atoms with Gasteiger partial charge in [0.05, 0.1) is 29.8 Å². The van der Waals surface area contributed by atoms with Crippen molar-refractivity contribution >= 4 is 28.3 Å². The Morgan fingerprint density at radius 2 is 2.04 bits per heavy atom. The Morgan fingerprint density at radius 3 is 2.88 bits per heavy atom. The summed E-state index contributed by atoms with van der Waals surface area (Å²) in [6.07, 6.45) is 7.41. The van der Waals surface area contributed by atoms with Gasteiger partial charge in [0.2, 0.25) is 0 Å². The minimum absolute atomic E-state index is 0.154. The largest absolute Gasteiger partial charge is 0.294 e. The number of aromatic nitrogens is 5. The summed E-state index contributed by atoms with van der Waals surface area (Å²) in [6, 6.07) is 4.28. The van der Waals surface area contributed by atoms with E-state index in [0.29, 0.717) is 22.4 Å². The van der Waals surface area contributed by atoms with Crippen LogP contribution in [0.5, 0.6) is 0 Å². The number of fused-ring (bicyclic) bond motifs is 3. The Bertz CT molecular complexity index is 1050. The van der Waals surface area contributed by atoms with Crippen molar-refractivity contribution in [1.82, 2.24) is 29.8 Å². The fourth-order valence-electron chi connectivity index (χ4n) is 2.32. The number of rotatable bonds is 3. The van der Waals surface area contributed by atoms with Crippen molar-refractivity contribution in [3.05, 3.63) is 60.8 Å². The lowest BCUT2D eigenvalue weighted by molar-refractivity contribution is 0.0957. The molecule has 118 valence electrons. The third kappa shape index (κ3) is 2.37. The first-order valence-corrected chi connectivity index (χ1v) is 6.96. The van der Waals surface area contributed by atoms with Crippen LogP contribution in [0.25, 0.3) is 16.6 Å². The molecule has 0 aliphatic heterocycles. The van der Waals surface area contributed by atoms with Crippen LogP contribution in [0, 0.1) is 5.82 Å². The summed E-state index contributed by atoms with van der Waals surface area (Å²) in [5, 5.41) is 0. The molecule has 4 rings (SSSR count). The lowest BCUT2D eigenvalue weighted by Gasteiger charge is -2.10. The summed E-state index contributed by atoms with van der Waals surface area (Å²) in [5.74, 6) is -0.534. The molecule has 1 aromatic carbocycles. The van der Waals surface area contributed by atoms with Gasteiger partial charge in [0.25, 0.3) is 5.91 Å². The molecule has 3 aromatic heterocycles. The first kappa shape index (κ1) is 14.0. The first-order valence-electron chi connectivity index (χ1n) is 6.96. The van der Waals surface area contributed by atoms with Gasteiger partial charge in [0.15, 0.2) is 5.82 Å². The number of nitrogens with one attached hydrogen (secondary N) is 2. The highest BCUT2D eigenvalue weighted by Gasteiger charge is 2.11. The molecule has 0 bridgehead atoms. The molecule has 0 fully saturated rings. The number of halogens is 1. The monoisotopic (exact) mass is 323 g/mol. The SMILES string of the molecule is O=C(NNc1nc2cc(F)ccc2n2cncc12)c1cnccn1. The summed E-state index contributed by atoms with van der Waals surface area (Å²) in [7, 11) is 0. The van der Waals surface area contributed by atoms with Gasteiger partial charge < -0.3 is 0 Å². The third-order valence-electron chi connectivity index (χ3n) is 3.40. The Hall–Kier alpha value is -3.62. The molecule has 0 saturated heterocycles. The van der Waals surface area contributed by atoms with E-state index in [9.17, 15) is 9.18 Å². The van der Waals surface area contributed by atoms with Gasteiger partial charge in [0.1, 0.15) is 17.0 Å². The standard InChI is InChI=1S/C15H10FN7O/c16-9-1-2-12-10(5-9)20-14(13-7-18-8-23(12)13)21-22-15(24)11-6-17-3-4-19-11/h1-8H,(H,20,21)(H,22,24). The number of carbonyl (C=O) groups is 1. The van der Waals surface area contributed by atoms with E-state index >= 15 is 0 Å². The highest BCUT2D eigenvalue weighted by atomic mass is 19.1. The highest BCUT2D eigenvalue weighted by molar-refractivity contribution is 5.93. The van der Waals surface area contributed by atoms with Crippen LogP contribution in [0.2, 0.25) is 0 Å². The van der Waals surface area contributed by atoms with Crippen molar-refractivity contribution in [2.75, 3.05) is 5.43 Å².